The maximum atomic E-state index is 12.2. The summed E-state index contributed by atoms with van der Waals surface area (Å²) in [7, 11) is 0. The molecular formula is C12H18N4O2S. The summed E-state index contributed by atoms with van der Waals surface area (Å²) in [6, 6.07) is 0. The van der Waals surface area contributed by atoms with Gasteiger partial charge in [0.2, 0.25) is 17.7 Å². The van der Waals surface area contributed by atoms with Gasteiger partial charge in [0, 0.05) is 44.6 Å². The van der Waals surface area contributed by atoms with E-state index in [0.717, 1.165) is 37.7 Å². The Bertz CT molecular complexity index is 452. The van der Waals surface area contributed by atoms with Gasteiger partial charge in [0.15, 0.2) is 0 Å². The van der Waals surface area contributed by atoms with Crippen molar-refractivity contribution in [2.75, 3.05) is 37.7 Å². The van der Waals surface area contributed by atoms with E-state index in [1.165, 1.54) is 0 Å². The number of aromatic nitrogens is 2. The van der Waals surface area contributed by atoms with E-state index in [2.05, 4.69) is 15.1 Å². The van der Waals surface area contributed by atoms with Crippen LogP contribution in [0.5, 0.6) is 0 Å². The fraction of sp³-hybridized carbons (Fsp3) is 0.750. The third-order valence-corrected chi connectivity index (χ3v) is 4.50. The van der Waals surface area contributed by atoms with E-state index in [-0.39, 0.29) is 5.92 Å². The maximum absolute atomic E-state index is 12.2. The van der Waals surface area contributed by atoms with Crippen LogP contribution < -0.4 is 0 Å². The highest BCUT2D eigenvalue weighted by atomic mass is 32.2. The largest absolute Gasteiger partial charge is 0.424 e. The van der Waals surface area contributed by atoms with E-state index < -0.39 is 0 Å². The summed E-state index contributed by atoms with van der Waals surface area (Å²) in [6.45, 7) is 5.87. The molecule has 3 rings (SSSR count). The summed E-state index contributed by atoms with van der Waals surface area (Å²) in [5.74, 6) is 3.85. The summed E-state index contributed by atoms with van der Waals surface area (Å²) < 4.78 is 5.34. The summed E-state index contributed by atoms with van der Waals surface area (Å²) in [6.07, 6.45) is 0. The molecular weight excluding hydrogens is 264 g/mol. The summed E-state index contributed by atoms with van der Waals surface area (Å²) >= 11 is 1.93. The average Bonchev–Trinajstić information content (AvgIpc) is 2.79. The Morgan fingerprint density at radius 3 is 2.74 bits per heavy atom. The first-order chi connectivity index (χ1) is 9.22. The monoisotopic (exact) mass is 282 g/mol. The Morgan fingerprint density at radius 1 is 1.37 bits per heavy atom. The Balaban J connectivity index is 1.45. The second kappa shape index (κ2) is 5.50. The van der Waals surface area contributed by atoms with Crippen molar-refractivity contribution in [2.45, 2.75) is 13.5 Å². The molecule has 0 N–H and O–H groups in total. The van der Waals surface area contributed by atoms with Gasteiger partial charge in [-0.3, -0.25) is 9.69 Å². The SMILES string of the molecule is Cc1nnc(CN2CC(C(=O)N3CCSCC3)C2)o1. The van der Waals surface area contributed by atoms with Gasteiger partial charge in [0.1, 0.15) is 0 Å². The molecule has 0 spiro atoms. The van der Waals surface area contributed by atoms with Crippen LogP contribution in [-0.2, 0) is 11.3 Å². The second-order valence-electron chi connectivity index (χ2n) is 5.04. The molecule has 6 nitrogen and oxygen atoms in total. The van der Waals surface area contributed by atoms with E-state index in [0.29, 0.717) is 24.2 Å². The third kappa shape index (κ3) is 2.92. The van der Waals surface area contributed by atoms with E-state index in [1.54, 1.807) is 6.92 Å². The van der Waals surface area contributed by atoms with Gasteiger partial charge in [-0.15, -0.1) is 10.2 Å². The average molecular weight is 282 g/mol. The number of hydrogen-bond donors (Lipinski definition) is 0. The van der Waals surface area contributed by atoms with Gasteiger partial charge in [-0.25, -0.2) is 0 Å². The quantitative estimate of drug-likeness (QED) is 0.799. The lowest BCUT2D eigenvalue weighted by atomic mass is 9.98. The lowest BCUT2D eigenvalue weighted by Gasteiger charge is -2.40. The van der Waals surface area contributed by atoms with Crippen molar-refractivity contribution in [2.24, 2.45) is 5.92 Å². The van der Waals surface area contributed by atoms with Gasteiger partial charge in [0.25, 0.3) is 0 Å². The van der Waals surface area contributed by atoms with Crippen molar-refractivity contribution in [3.05, 3.63) is 11.8 Å². The van der Waals surface area contributed by atoms with Crippen LogP contribution in [0.4, 0.5) is 0 Å². The molecule has 2 aliphatic rings. The Labute approximate surface area is 116 Å². The maximum Gasteiger partial charge on any atom is 0.230 e. The number of carbonyl (C=O) groups excluding carboxylic acids is 1. The highest BCUT2D eigenvalue weighted by molar-refractivity contribution is 7.99. The predicted octanol–water partition coefficient (Wildman–Crippen LogP) is 0.385. The second-order valence-corrected chi connectivity index (χ2v) is 6.27. The smallest absolute Gasteiger partial charge is 0.230 e. The van der Waals surface area contributed by atoms with Crippen molar-refractivity contribution in [1.82, 2.24) is 20.0 Å². The first-order valence-electron chi connectivity index (χ1n) is 6.60. The fourth-order valence-corrected chi connectivity index (χ4v) is 3.39. The highest BCUT2D eigenvalue weighted by Gasteiger charge is 2.36. The van der Waals surface area contributed by atoms with Crippen molar-refractivity contribution in [3.63, 3.8) is 0 Å². The molecule has 0 radical (unpaired) electrons. The van der Waals surface area contributed by atoms with Gasteiger partial charge in [-0.2, -0.15) is 11.8 Å². The van der Waals surface area contributed by atoms with Crippen LogP contribution in [0.25, 0.3) is 0 Å². The molecule has 1 aromatic rings. The van der Waals surface area contributed by atoms with E-state index in [1.807, 2.05) is 16.7 Å². The minimum absolute atomic E-state index is 0.159. The first-order valence-corrected chi connectivity index (χ1v) is 7.76. The standard InChI is InChI=1S/C12H18N4O2S/c1-9-13-14-11(18-9)8-15-6-10(7-15)12(17)16-2-4-19-5-3-16/h10H,2-8H2,1H3. The van der Waals surface area contributed by atoms with Crippen LogP contribution in [-0.4, -0.2) is 63.6 Å². The van der Waals surface area contributed by atoms with Gasteiger partial charge < -0.3 is 9.32 Å². The zero-order valence-electron chi connectivity index (χ0n) is 11.0. The van der Waals surface area contributed by atoms with E-state index in [9.17, 15) is 4.79 Å². The summed E-state index contributed by atoms with van der Waals surface area (Å²) in [4.78, 5) is 16.4. The van der Waals surface area contributed by atoms with Gasteiger partial charge in [-0.1, -0.05) is 0 Å². The van der Waals surface area contributed by atoms with Gasteiger partial charge >= 0.3 is 0 Å². The number of hydrogen-bond acceptors (Lipinski definition) is 6. The Kier molecular flexibility index (Phi) is 3.74. The van der Waals surface area contributed by atoms with E-state index in [4.69, 9.17) is 4.42 Å². The van der Waals surface area contributed by atoms with Crippen LogP contribution >= 0.6 is 11.8 Å². The van der Waals surface area contributed by atoms with Crippen molar-refractivity contribution in [3.8, 4) is 0 Å². The van der Waals surface area contributed by atoms with Crippen LogP contribution in [0.3, 0.4) is 0 Å². The number of carbonyl (C=O) groups is 1. The summed E-state index contributed by atoms with van der Waals surface area (Å²) in [5.41, 5.74) is 0. The topological polar surface area (TPSA) is 62.5 Å². The molecule has 0 bridgehead atoms. The molecule has 0 unspecified atom stereocenters. The lowest BCUT2D eigenvalue weighted by molar-refractivity contribution is -0.141. The van der Waals surface area contributed by atoms with Crippen molar-refractivity contribution < 1.29 is 9.21 Å². The minimum Gasteiger partial charge on any atom is -0.424 e. The molecule has 2 aliphatic heterocycles. The third-order valence-electron chi connectivity index (χ3n) is 3.56. The molecule has 104 valence electrons. The van der Waals surface area contributed by atoms with Crippen LogP contribution in [0, 0.1) is 12.8 Å². The summed E-state index contributed by atoms with van der Waals surface area (Å²) in [5, 5.41) is 7.78. The number of thioether (sulfide) groups is 1. The molecule has 1 amide bonds. The van der Waals surface area contributed by atoms with Crippen LogP contribution in [0.1, 0.15) is 11.8 Å². The Morgan fingerprint density at radius 2 is 2.11 bits per heavy atom. The Hall–Kier alpha value is -1.08. The highest BCUT2D eigenvalue weighted by Crippen LogP contribution is 2.22. The van der Waals surface area contributed by atoms with Crippen LogP contribution in [0.15, 0.2) is 4.42 Å². The van der Waals surface area contributed by atoms with Crippen molar-refractivity contribution >= 4 is 17.7 Å². The molecule has 0 atom stereocenters. The zero-order valence-corrected chi connectivity index (χ0v) is 11.9. The van der Waals surface area contributed by atoms with Gasteiger partial charge in [-0.05, 0) is 0 Å². The normalized spacial score (nSPS) is 21.4. The number of likely N-dealkylation sites (tertiary alicyclic amines) is 1. The molecule has 2 fully saturated rings. The fourth-order valence-electron chi connectivity index (χ4n) is 2.49. The molecule has 0 aliphatic carbocycles. The number of nitrogens with zero attached hydrogens (tertiary/aromatic N) is 4. The van der Waals surface area contributed by atoms with Crippen molar-refractivity contribution in [1.29, 1.82) is 0 Å². The predicted molar refractivity (Wildman–Crippen MR) is 71.7 cm³/mol. The lowest BCUT2D eigenvalue weighted by Crippen LogP contribution is -2.55. The molecule has 0 aromatic carbocycles. The zero-order chi connectivity index (χ0) is 13.2. The molecule has 7 heteroatoms. The van der Waals surface area contributed by atoms with Crippen LogP contribution in [0.2, 0.25) is 0 Å². The molecule has 1 aromatic heterocycles. The number of aryl methyl sites for hydroxylation is 1. The number of rotatable bonds is 3. The number of amides is 1. The minimum atomic E-state index is 0.159. The molecule has 3 heterocycles. The first kappa shape index (κ1) is 12.9. The molecule has 0 saturated carbocycles. The molecule has 19 heavy (non-hydrogen) atoms. The van der Waals surface area contributed by atoms with E-state index >= 15 is 0 Å². The molecule has 2 saturated heterocycles. The van der Waals surface area contributed by atoms with Gasteiger partial charge in [0.05, 0.1) is 12.5 Å².